The maximum atomic E-state index is 11.5. The summed E-state index contributed by atoms with van der Waals surface area (Å²) in [5.74, 6) is 0. The molecule has 17 heavy (non-hydrogen) atoms. The van der Waals surface area contributed by atoms with Gasteiger partial charge in [-0.15, -0.1) is 0 Å². The molecular weight excluding hydrogens is 218 g/mol. The molecule has 92 valence electrons. The summed E-state index contributed by atoms with van der Waals surface area (Å²) < 4.78 is 0. The zero-order valence-corrected chi connectivity index (χ0v) is 9.49. The maximum absolute atomic E-state index is 11.5. The van der Waals surface area contributed by atoms with E-state index in [4.69, 9.17) is 0 Å². The highest BCUT2D eigenvalue weighted by Crippen LogP contribution is 1.96. The topological polar surface area (TPSA) is 77.2 Å². The second-order valence-electron chi connectivity index (χ2n) is 3.90. The molecule has 6 nitrogen and oxygen atoms in total. The standard InChI is InChI=1S/C11H17N5O/c17-11(13-7-10-8-14-16-15-10)12-6-9-4-2-1-3-5-9/h1-5,10,14-16H,6-8H2,(H2,12,13,17). The van der Waals surface area contributed by atoms with Crippen LogP contribution in [0.5, 0.6) is 0 Å². The van der Waals surface area contributed by atoms with Crippen LogP contribution in [-0.4, -0.2) is 25.2 Å². The van der Waals surface area contributed by atoms with Crippen molar-refractivity contribution in [1.29, 1.82) is 0 Å². The molecule has 5 N–H and O–H groups in total. The largest absolute Gasteiger partial charge is 0.336 e. The summed E-state index contributed by atoms with van der Waals surface area (Å²) in [6, 6.07) is 9.89. The molecule has 1 aliphatic heterocycles. The average Bonchev–Trinajstić information content (AvgIpc) is 2.88. The molecule has 1 atom stereocenters. The Morgan fingerprint density at radius 1 is 1.29 bits per heavy atom. The molecule has 6 heteroatoms. The normalized spacial score (nSPS) is 18.9. The SMILES string of the molecule is O=C(NCc1ccccc1)NCC1CNNN1. The third-order valence-corrected chi connectivity index (χ3v) is 2.52. The van der Waals surface area contributed by atoms with Crippen LogP contribution < -0.4 is 27.0 Å². The van der Waals surface area contributed by atoms with Gasteiger partial charge in [-0.05, 0) is 5.56 Å². The van der Waals surface area contributed by atoms with Crippen LogP contribution in [0.3, 0.4) is 0 Å². The number of hydrogen-bond acceptors (Lipinski definition) is 4. The number of hydrogen-bond donors (Lipinski definition) is 5. The molecule has 1 fully saturated rings. The number of benzene rings is 1. The monoisotopic (exact) mass is 235 g/mol. The third kappa shape index (κ3) is 4.03. The van der Waals surface area contributed by atoms with E-state index in [0.717, 1.165) is 12.1 Å². The van der Waals surface area contributed by atoms with Crippen molar-refractivity contribution in [1.82, 2.24) is 27.0 Å². The fourth-order valence-corrected chi connectivity index (χ4v) is 1.56. The van der Waals surface area contributed by atoms with Gasteiger partial charge >= 0.3 is 6.03 Å². The van der Waals surface area contributed by atoms with Gasteiger partial charge in [0.25, 0.3) is 0 Å². The van der Waals surface area contributed by atoms with Gasteiger partial charge in [0.15, 0.2) is 0 Å². The lowest BCUT2D eigenvalue weighted by molar-refractivity contribution is 0.239. The minimum absolute atomic E-state index is 0.150. The molecule has 2 rings (SSSR count). The highest BCUT2D eigenvalue weighted by molar-refractivity contribution is 5.73. The lowest BCUT2D eigenvalue weighted by atomic mass is 10.2. The molecule has 0 aliphatic carbocycles. The van der Waals surface area contributed by atoms with Crippen LogP contribution in [0, 0.1) is 0 Å². The van der Waals surface area contributed by atoms with E-state index in [1.54, 1.807) is 0 Å². The van der Waals surface area contributed by atoms with E-state index in [1.165, 1.54) is 0 Å². The Morgan fingerprint density at radius 2 is 2.12 bits per heavy atom. The van der Waals surface area contributed by atoms with Crippen molar-refractivity contribution >= 4 is 6.03 Å². The molecule has 2 amide bonds. The summed E-state index contributed by atoms with van der Waals surface area (Å²) in [5, 5.41) is 5.61. The summed E-state index contributed by atoms with van der Waals surface area (Å²) in [7, 11) is 0. The molecule has 0 spiro atoms. The van der Waals surface area contributed by atoms with E-state index < -0.39 is 0 Å². The van der Waals surface area contributed by atoms with E-state index in [0.29, 0.717) is 13.1 Å². The van der Waals surface area contributed by atoms with Crippen LogP contribution in [0.2, 0.25) is 0 Å². The van der Waals surface area contributed by atoms with Gasteiger partial charge in [-0.25, -0.2) is 15.6 Å². The molecule has 0 radical (unpaired) electrons. The van der Waals surface area contributed by atoms with Crippen molar-refractivity contribution in [3.63, 3.8) is 0 Å². The first-order chi connectivity index (χ1) is 8.34. The third-order valence-electron chi connectivity index (χ3n) is 2.52. The Labute approximate surface area is 100 Å². The van der Waals surface area contributed by atoms with Gasteiger partial charge in [0.1, 0.15) is 0 Å². The number of nitrogens with one attached hydrogen (secondary N) is 5. The van der Waals surface area contributed by atoms with Crippen LogP contribution in [0.1, 0.15) is 5.56 Å². The van der Waals surface area contributed by atoms with E-state index >= 15 is 0 Å². The fourth-order valence-electron chi connectivity index (χ4n) is 1.56. The molecule has 1 aliphatic rings. The number of carbonyl (C=O) groups excluding carboxylic acids is 1. The average molecular weight is 235 g/mol. The second kappa shape index (κ2) is 6.19. The van der Waals surface area contributed by atoms with Crippen molar-refractivity contribution in [3.05, 3.63) is 35.9 Å². The molecular formula is C11H17N5O. The first-order valence-corrected chi connectivity index (χ1v) is 5.63. The van der Waals surface area contributed by atoms with Gasteiger partial charge in [0, 0.05) is 19.6 Å². The van der Waals surface area contributed by atoms with Gasteiger partial charge in [-0.3, -0.25) is 0 Å². The van der Waals surface area contributed by atoms with Gasteiger partial charge in [0.2, 0.25) is 0 Å². The van der Waals surface area contributed by atoms with Crippen LogP contribution in [0.4, 0.5) is 4.79 Å². The van der Waals surface area contributed by atoms with Gasteiger partial charge in [-0.2, -0.15) is 5.53 Å². The quantitative estimate of drug-likeness (QED) is 0.486. The van der Waals surface area contributed by atoms with E-state index in [1.807, 2.05) is 30.3 Å². The van der Waals surface area contributed by atoms with E-state index in [9.17, 15) is 4.79 Å². The van der Waals surface area contributed by atoms with Crippen LogP contribution >= 0.6 is 0 Å². The summed E-state index contributed by atoms with van der Waals surface area (Å²) in [6.45, 7) is 1.92. The number of rotatable bonds is 4. The highest BCUT2D eigenvalue weighted by Gasteiger charge is 2.13. The highest BCUT2D eigenvalue weighted by atomic mass is 16.2. The van der Waals surface area contributed by atoms with Crippen molar-refractivity contribution in [2.45, 2.75) is 12.6 Å². The van der Waals surface area contributed by atoms with Gasteiger partial charge in [-0.1, -0.05) is 30.3 Å². The fraction of sp³-hybridized carbons (Fsp3) is 0.364. The lowest BCUT2D eigenvalue weighted by Crippen LogP contribution is -2.44. The predicted octanol–water partition coefficient (Wildman–Crippen LogP) is -0.533. The molecule has 1 aromatic rings. The van der Waals surface area contributed by atoms with Crippen molar-refractivity contribution in [2.24, 2.45) is 0 Å². The first-order valence-electron chi connectivity index (χ1n) is 5.63. The van der Waals surface area contributed by atoms with E-state index in [-0.39, 0.29) is 12.1 Å². The Kier molecular flexibility index (Phi) is 4.31. The number of hydrazine groups is 2. The molecule has 0 aromatic heterocycles. The number of amides is 2. The smallest absolute Gasteiger partial charge is 0.315 e. The maximum Gasteiger partial charge on any atom is 0.315 e. The van der Waals surface area contributed by atoms with Gasteiger partial charge < -0.3 is 10.6 Å². The van der Waals surface area contributed by atoms with Crippen molar-refractivity contribution < 1.29 is 4.79 Å². The number of carbonyl (C=O) groups is 1. The summed E-state index contributed by atoms with van der Waals surface area (Å²) in [4.78, 5) is 11.5. The van der Waals surface area contributed by atoms with Crippen LogP contribution in [0.25, 0.3) is 0 Å². The Bertz CT molecular complexity index is 350. The molecule has 1 aromatic carbocycles. The van der Waals surface area contributed by atoms with Gasteiger partial charge in [0.05, 0.1) is 6.04 Å². The van der Waals surface area contributed by atoms with E-state index in [2.05, 4.69) is 27.0 Å². The Hall–Kier alpha value is -1.63. The minimum Gasteiger partial charge on any atom is -0.336 e. The predicted molar refractivity (Wildman–Crippen MR) is 64.7 cm³/mol. The van der Waals surface area contributed by atoms with Crippen LogP contribution in [0.15, 0.2) is 30.3 Å². The van der Waals surface area contributed by atoms with Crippen molar-refractivity contribution in [3.8, 4) is 0 Å². The molecule has 1 unspecified atom stereocenters. The minimum atomic E-state index is -0.150. The lowest BCUT2D eigenvalue weighted by Gasteiger charge is -2.11. The zero-order valence-electron chi connectivity index (χ0n) is 9.49. The summed E-state index contributed by atoms with van der Waals surface area (Å²) in [6.07, 6.45) is 0. The molecule has 1 heterocycles. The summed E-state index contributed by atoms with van der Waals surface area (Å²) in [5.41, 5.74) is 9.77. The zero-order chi connectivity index (χ0) is 11.9. The van der Waals surface area contributed by atoms with Crippen LogP contribution in [-0.2, 0) is 6.54 Å². The second-order valence-corrected chi connectivity index (χ2v) is 3.90. The number of urea groups is 1. The first kappa shape index (κ1) is 11.8. The molecule has 1 saturated heterocycles. The Balaban J connectivity index is 1.64. The summed E-state index contributed by atoms with van der Waals surface area (Å²) >= 11 is 0. The van der Waals surface area contributed by atoms with Crippen molar-refractivity contribution in [2.75, 3.05) is 13.1 Å². The molecule has 0 bridgehead atoms. The molecule has 0 saturated carbocycles. The Morgan fingerprint density at radius 3 is 2.82 bits per heavy atom.